The molecule has 2 aromatic heterocycles. The molecule has 0 unspecified atom stereocenters. The minimum atomic E-state index is -0.204. The van der Waals surface area contributed by atoms with E-state index in [1.807, 2.05) is 67.7 Å². The SMILES string of the molecule is CCOc1cccc(CNC(=O)c2csc(-c3cnn(-c4ccccc4)c3)n2)c1. The van der Waals surface area contributed by atoms with E-state index in [1.165, 1.54) is 11.3 Å². The molecule has 0 saturated carbocycles. The number of nitrogens with one attached hydrogen (secondary N) is 1. The Labute approximate surface area is 172 Å². The van der Waals surface area contributed by atoms with Crippen LogP contribution < -0.4 is 10.1 Å². The summed E-state index contributed by atoms with van der Waals surface area (Å²) < 4.78 is 7.29. The van der Waals surface area contributed by atoms with Gasteiger partial charge < -0.3 is 10.1 Å². The summed E-state index contributed by atoms with van der Waals surface area (Å²) >= 11 is 1.42. The fourth-order valence-corrected chi connectivity index (χ4v) is 3.63. The van der Waals surface area contributed by atoms with Gasteiger partial charge in [0.1, 0.15) is 16.5 Å². The van der Waals surface area contributed by atoms with Crippen LogP contribution in [-0.4, -0.2) is 27.3 Å². The molecule has 0 atom stereocenters. The zero-order valence-corrected chi connectivity index (χ0v) is 16.7. The molecule has 0 aliphatic rings. The first kappa shape index (κ1) is 18.9. The molecule has 0 spiro atoms. The van der Waals surface area contributed by atoms with Crippen molar-refractivity contribution >= 4 is 17.2 Å². The van der Waals surface area contributed by atoms with Crippen molar-refractivity contribution in [2.75, 3.05) is 6.61 Å². The number of rotatable bonds is 7. The van der Waals surface area contributed by atoms with Gasteiger partial charge in [-0.05, 0) is 36.8 Å². The monoisotopic (exact) mass is 404 g/mol. The number of thiazole rings is 1. The lowest BCUT2D eigenvalue weighted by Crippen LogP contribution is -2.23. The van der Waals surface area contributed by atoms with Crippen LogP contribution in [0.1, 0.15) is 23.0 Å². The highest BCUT2D eigenvalue weighted by molar-refractivity contribution is 7.13. The molecule has 2 aromatic carbocycles. The number of benzene rings is 2. The zero-order chi connectivity index (χ0) is 20.1. The average molecular weight is 404 g/mol. The molecule has 0 aliphatic heterocycles. The number of para-hydroxylation sites is 1. The second-order valence-corrected chi connectivity index (χ2v) is 7.17. The highest BCUT2D eigenvalue weighted by Crippen LogP contribution is 2.24. The van der Waals surface area contributed by atoms with Crippen LogP contribution >= 0.6 is 11.3 Å². The number of nitrogens with zero attached hydrogens (tertiary/aromatic N) is 3. The van der Waals surface area contributed by atoms with Crippen molar-refractivity contribution in [3.63, 3.8) is 0 Å². The van der Waals surface area contributed by atoms with Crippen molar-refractivity contribution in [2.45, 2.75) is 13.5 Å². The van der Waals surface area contributed by atoms with Crippen LogP contribution in [0.15, 0.2) is 72.4 Å². The zero-order valence-electron chi connectivity index (χ0n) is 15.9. The van der Waals surface area contributed by atoms with E-state index in [9.17, 15) is 4.79 Å². The third-order valence-corrected chi connectivity index (χ3v) is 5.14. The molecule has 0 aliphatic carbocycles. The van der Waals surface area contributed by atoms with E-state index in [-0.39, 0.29) is 5.91 Å². The van der Waals surface area contributed by atoms with Crippen LogP contribution in [-0.2, 0) is 6.54 Å². The molecule has 6 nitrogen and oxygen atoms in total. The van der Waals surface area contributed by atoms with Gasteiger partial charge in [0.25, 0.3) is 5.91 Å². The van der Waals surface area contributed by atoms with Crippen molar-refractivity contribution in [3.8, 4) is 22.0 Å². The summed E-state index contributed by atoms with van der Waals surface area (Å²) in [6, 6.07) is 17.6. The van der Waals surface area contributed by atoms with Gasteiger partial charge in [0.05, 0.1) is 18.5 Å². The minimum Gasteiger partial charge on any atom is -0.494 e. The van der Waals surface area contributed by atoms with Crippen molar-refractivity contribution in [3.05, 3.63) is 83.6 Å². The lowest BCUT2D eigenvalue weighted by molar-refractivity contribution is 0.0946. The summed E-state index contributed by atoms with van der Waals surface area (Å²) in [6.07, 6.45) is 3.67. The van der Waals surface area contributed by atoms with E-state index >= 15 is 0 Å². The molecular formula is C22H20N4O2S. The molecule has 1 amide bonds. The molecule has 7 heteroatoms. The molecule has 2 heterocycles. The summed E-state index contributed by atoms with van der Waals surface area (Å²) in [5.74, 6) is 0.593. The highest BCUT2D eigenvalue weighted by Gasteiger charge is 2.13. The average Bonchev–Trinajstić information content (AvgIpc) is 3.43. The van der Waals surface area contributed by atoms with Crippen LogP contribution in [0.3, 0.4) is 0 Å². The van der Waals surface area contributed by atoms with Crippen molar-refractivity contribution in [1.29, 1.82) is 0 Å². The van der Waals surface area contributed by atoms with Crippen LogP contribution in [0.4, 0.5) is 0 Å². The maximum absolute atomic E-state index is 12.5. The fourth-order valence-electron chi connectivity index (χ4n) is 2.85. The standard InChI is InChI=1S/C22H20N4O2S/c1-2-28-19-10-6-7-16(11-19)12-23-21(27)20-15-29-22(25-20)17-13-24-26(14-17)18-8-4-3-5-9-18/h3-11,13-15H,2,12H2,1H3,(H,23,27). The first-order valence-corrected chi connectivity index (χ1v) is 10.2. The predicted molar refractivity (Wildman–Crippen MR) is 113 cm³/mol. The van der Waals surface area contributed by atoms with E-state index < -0.39 is 0 Å². The Morgan fingerprint density at radius 2 is 2.03 bits per heavy atom. The summed E-state index contributed by atoms with van der Waals surface area (Å²) in [7, 11) is 0. The third-order valence-electron chi connectivity index (χ3n) is 4.25. The Bertz CT molecular complexity index is 1100. The molecule has 4 rings (SSSR count). The number of ether oxygens (including phenoxy) is 1. The van der Waals surface area contributed by atoms with E-state index in [0.717, 1.165) is 27.6 Å². The lowest BCUT2D eigenvalue weighted by Gasteiger charge is -2.07. The first-order valence-electron chi connectivity index (χ1n) is 9.29. The second kappa shape index (κ2) is 8.70. The normalized spacial score (nSPS) is 10.7. The van der Waals surface area contributed by atoms with Gasteiger partial charge in [-0.3, -0.25) is 4.79 Å². The molecule has 1 N–H and O–H groups in total. The number of amides is 1. The number of carbonyl (C=O) groups excluding carboxylic acids is 1. The van der Waals surface area contributed by atoms with Gasteiger partial charge in [0.15, 0.2) is 0 Å². The molecular weight excluding hydrogens is 384 g/mol. The van der Waals surface area contributed by atoms with Gasteiger partial charge in [0.2, 0.25) is 0 Å². The lowest BCUT2D eigenvalue weighted by atomic mass is 10.2. The van der Waals surface area contributed by atoms with Gasteiger partial charge >= 0.3 is 0 Å². The van der Waals surface area contributed by atoms with Crippen molar-refractivity contribution < 1.29 is 9.53 Å². The Hall–Kier alpha value is -3.45. The number of aromatic nitrogens is 3. The number of hydrogen-bond donors (Lipinski definition) is 1. The summed E-state index contributed by atoms with van der Waals surface area (Å²) in [5.41, 5.74) is 3.23. The quantitative estimate of drug-likeness (QED) is 0.498. The maximum Gasteiger partial charge on any atom is 0.271 e. The van der Waals surface area contributed by atoms with E-state index in [2.05, 4.69) is 15.4 Å². The van der Waals surface area contributed by atoms with Gasteiger partial charge in [-0.1, -0.05) is 30.3 Å². The van der Waals surface area contributed by atoms with Crippen LogP contribution in [0.2, 0.25) is 0 Å². The van der Waals surface area contributed by atoms with Crippen molar-refractivity contribution in [2.24, 2.45) is 0 Å². The smallest absolute Gasteiger partial charge is 0.271 e. The number of carbonyl (C=O) groups is 1. The molecule has 4 aromatic rings. The minimum absolute atomic E-state index is 0.204. The third kappa shape index (κ3) is 4.52. The topological polar surface area (TPSA) is 69.0 Å². The van der Waals surface area contributed by atoms with Crippen LogP contribution in [0.5, 0.6) is 5.75 Å². The van der Waals surface area contributed by atoms with Gasteiger partial charge in [-0.25, -0.2) is 9.67 Å². The summed E-state index contributed by atoms with van der Waals surface area (Å²) in [5, 5.41) is 9.82. The Kier molecular flexibility index (Phi) is 5.67. The van der Waals surface area contributed by atoms with E-state index in [4.69, 9.17) is 4.74 Å². The van der Waals surface area contributed by atoms with Crippen LogP contribution in [0, 0.1) is 0 Å². The maximum atomic E-state index is 12.5. The van der Waals surface area contributed by atoms with Crippen LogP contribution in [0.25, 0.3) is 16.3 Å². The molecule has 0 radical (unpaired) electrons. The largest absolute Gasteiger partial charge is 0.494 e. The van der Waals surface area contributed by atoms with Crippen molar-refractivity contribution in [1.82, 2.24) is 20.1 Å². The molecule has 29 heavy (non-hydrogen) atoms. The molecule has 146 valence electrons. The van der Waals surface area contributed by atoms with Gasteiger partial charge in [-0.15, -0.1) is 11.3 Å². The van der Waals surface area contributed by atoms with E-state index in [0.29, 0.717) is 18.8 Å². The van der Waals surface area contributed by atoms with Gasteiger partial charge in [-0.2, -0.15) is 5.10 Å². The number of hydrogen-bond acceptors (Lipinski definition) is 5. The molecule has 0 saturated heterocycles. The summed E-state index contributed by atoms with van der Waals surface area (Å²) in [4.78, 5) is 17.0. The second-order valence-electron chi connectivity index (χ2n) is 6.31. The Morgan fingerprint density at radius 1 is 1.17 bits per heavy atom. The Morgan fingerprint density at radius 3 is 2.86 bits per heavy atom. The first-order chi connectivity index (χ1) is 14.2. The predicted octanol–water partition coefficient (Wildman–Crippen LogP) is 4.32. The molecule has 0 fully saturated rings. The fraction of sp³-hybridized carbons (Fsp3) is 0.136. The van der Waals surface area contributed by atoms with E-state index in [1.54, 1.807) is 16.3 Å². The Balaban J connectivity index is 1.42. The molecule has 0 bridgehead atoms. The highest BCUT2D eigenvalue weighted by atomic mass is 32.1. The van der Waals surface area contributed by atoms with Gasteiger partial charge in [0, 0.05) is 23.7 Å². The summed E-state index contributed by atoms with van der Waals surface area (Å²) in [6.45, 7) is 2.97.